The van der Waals surface area contributed by atoms with Crippen molar-refractivity contribution in [2.45, 2.75) is 60.3 Å². The average Bonchev–Trinajstić information content (AvgIpc) is 2.52. The fourth-order valence-corrected chi connectivity index (χ4v) is 3.35. The molecule has 0 radical (unpaired) electrons. The van der Waals surface area contributed by atoms with Gasteiger partial charge in [-0.15, -0.1) is 0 Å². The van der Waals surface area contributed by atoms with E-state index in [9.17, 15) is 0 Å². The van der Waals surface area contributed by atoms with E-state index in [1.165, 1.54) is 51.8 Å². The van der Waals surface area contributed by atoms with Crippen molar-refractivity contribution in [1.82, 2.24) is 0 Å². The fraction of sp³-hybridized carbons (Fsp3) is 0.391. The van der Waals surface area contributed by atoms with Gasteiger partial charge in [0.2, 0.25) is 0 Å². The molecule has 0 aliphatic rings. The predicted octanol–water partition coefficient (Wildman–Crippen LogP) is 6.60. The first-order chi connectivity index (χ1) is 11.0. The zero-order chi connectivity index (χ0) is 16.8. The summed E-state index contributed by atoms with van der Waals surface area (Å²) in [6, 6.07) is 13.8. The molecule has 122 valence electrons. The van der Waals surface area contributed by atoms with Gasteiger partial charge in [0.25, 0.3) is 0 Å². The molecule has 0 heterocycles. The highest BCUT2D eigenvalue weighted by Gasteiger charge is 2.06. The van der Waals surface area contributed by atoms with Crippen molar-refractivity contribution in [2.24, 2.45) is 0 Å². The molecule has 0 atom stereocenters. The van der Waals surface area contributed by atoms with Crippen LogP contribution in [0.25, 0.3) is 5.57 Å². The van der Waals surface area contributed by atoms with Crippen LogP contribution >= 0.6 is 0 Å². The van der Waals surface area contributed by atoms with Crippen LogP contribution in [0.4, 0.5) is 0 Å². The molecule has 0 aliphatic heterocycles. The minimum atomic E-state index is 1.12. The monoisotopic (exact) mass is 306 g/mol. The summed E-state index contributed by atoms with van der Waals surface area (Å²) in [6.45, 7) is 11.0. The second-order valence-corrected chi connectivity index (χ2v) is 6.64. The van der Waals surface area contributed by atoms with Crippen LogP contribution in [0.3, 0.4) is 0 Å². The standard InChI is InChI=1S/C23H30/c1-6-8-21(7-2)23-14-11-20(16-19(23)5)10-13-22-12-9-17(3)15-18(22)4/h7,9,11-12,14-16H,6,8,10,13H2,1-5H3/b21-7-. The Morgan fingerprint density at radius 1 is 0.913 bits per heavy atom. The summed E-state index contributed by atoms with van der Waals surface area (Å²) in [5, 5.41) is 0. The quantitative estimate of drug-likeness (QED) is 0.564. The smallest absolute Gasteiger partial charge is 0.0198 e. The molecule has 0 aliphatic carbocycles. The third-order valence-corrected chi connectivity index (χ3v) is 4.69. The van der Waals surface area contributed by atoms with E-state index >= 15 is 0 Å². The fourth-order valence-electron chi connectivity index (χ4n) is 3.35. The van der Waals surface area contributed by atoms with Crippen molar-refractivity contribution in [1.29, 1.82) is 0 Å². The molecule has 23 heavy (non-hydrogen) atoms. The van der Waals surface area contributed by atoms with Gasteiger partial charge in [0, 0.05) is 0 Å². The molecule has 0 fully saturated rings. The molecule has 2 aromatic carbocycles. The Kier molecular flexibility index (Phi) is 6.21. The van der Waals surface area contributed by atoms with Crippen molar-refractivity contribution in [3.05, 3.63) is 75.9 Å². The lowest BCUT2D eigenvalue weighted by Gasteiger charge is -2.12. The average molecular weight is 306 g/mol. The Hall–Kier alpha value is -1.82. The third kappa shape index (κ3) is 4.58. The summed E-state index contributed by atoms with van der Waals surface area (Å²) in [5.41, 5.74) is 9.98. The first kappa shape index (κ1) is 17.5. The van der Waals surface area contributed by atoms with Gasteiger partial charge in [-0.05, 0) is 80.3 Å². The van der Waals surface area contributed by atoms with Crippen LogP contribution < -0.4 is 0 Å². The molecule has 0 N–H and O–H groups in total. The maximum atomic E-state index is 2.37. The number of rotatable bonds is 6. The van der Waals surface area contributed by atoms with E-state index in [1.54, 1.807) is 0 Å². The number of aryl methyl sites for hydroxylation is 5. The number of allylic oxidation sites excluding steroid dienone is 2. The van der Waals surface area contributed by atoms with Crippen molar-refractivity contribution >= 4 is 5.57 Å². The molecule has 0 heteroatoms. The van der Waals surface area contributed by atoms with Crippen LogP contribution in [0.15, 0.2) is 42.5 Å². The van der Waals surface area contributed by atoms with E-state index in [-0.39, 0.29) is 0 Å². The van der Waals surface area contributed by atoms with Gasteiger partial charge in [-0.25, -0.2) is 0 Å². The van der Waals surface area contributed by atoms with Crippen LogP contribution in [0.5, 0.6) is 0 Å². The molecule has 2 rings (SSSR count). The molecule has 0 spiro atoms. The Morgan fingerprint density at radius 2 is 1.70 bits per heavy atom. The minimum absolute atomic E-state index is 1.12. The van der Waals surface area contributed by atoms with Gasteiger partial charge in [-0.1, -0.05) is 61.4 Å². The van der Waals surface area contributed by atoms with Crippen molar-refractivity contribution in [3.8, 4) is 0 Å². The lowest BCUT2D eigenvalue weighted by atomic mass is 9.93. The molecular formula is C23H30. The minimum Gasteiger partial charge on any atom is -0.0838 e. The Balaban J connectivity index is 2.11. The van der Waals surface area contributed by atoms with Gasteiger partial charge in [-0.2, -0.15) is 0 Å². The van der Waals surface area contributed by atoms with Gasteiger partial charge in [0.15, 0.2) is 0 Å². The van der Waals surface area contributed by atoms with Crippen LogP contribution in [-0.2, 0) is 12.8 Å². The molecule has 2 aromatic rings. The van der Waals surface area contributed by atoms with E-state index in [2.05, 4.69) is 77.1 Å². The summed E-state index contributed by atoms with van der Waals surface area (Å²) in [4.78, 5) is 0. The molecule has 0 saturated heterocycles. The van der Waals surface area contributed by atoms with Crippen molar-refractivity contribution in [2.75, 3.05) is 0 Å². The Morgan fingerprint density at radius 3 is 2.30 bits per heavy atom. The number of hydrogen-bond acceptors (Lipinski definition) is 0. The van der Waals surface area contributed by atoms with E-state index < -0.39 is 0 Å². The van der Waals surface area contributed by atoms with Crippen molar-refractivity contribution < 1.29 is 0 Å². The zero-order valence-corrected chi connectivity index (χ0v) is 15.4. The second-order valence-electron chi connectivity index (χ2n) is 6.64. The molecule has 0 nitrogen and oxygen atoms in total. The summed E-state index contributed by atoms with van der Waals surface area (Å²) in [6.07, 6.45) is 6.87. The third-order valence-electron chi connectivity index (χ3n) is 4.69. The molecule has 0 amide bonds. The molecule has 0 aromatic heterocycles. The lowest BCUT2D eigenvalue weighted by molar-refractivity contribution is 0.942. The van der Waals surface area contributed by atoms with E-state index in [0.29, 0.717) is 0 Å². The van der Waals surface area contributed by atoms with Gasteiger partial charge >= 0.3 is 0 Å². The lowest BCUT2D eigenvalue weighted by Crippen LogP contribution is -1.97. The number of hydrogen-bond donors (Lipinski definition) is 0. The predicted molar refractivity (Wildman–Crippen MR) is 103 cm³/mol. The maximum Gasteiger partial charge on any atom is -0.0198 e. The topological polar surface area (TPSA) is 0 Å². The molecular weight excluding hydrogens is 276 g/mol. The summed E-state index contributed by atoms with van der Waals surface area (Å²) in [5.74, 6) is 0. The van der Waals surface area contributed by atoms with Gasteiger partial charge < -0.3 is 0 Å². The number of benzene rings is 2. The summed E-state index contributed by atoms with van der Waals surface area (Å²) in [7, 11) is 0. The van der Waals surface area contributed by atoms with Crippen LogP contribution in [0, 0.1) is 20.8 Å². The maximum absolute atomic E-state index is 2.37. The van der Waals surface area contributed by atoms with Crippen LogP contribution in [0.1, 0.15) is 60.1 Å². The summed E-state index contributed by atoms with van der Waals surface area (Å²) < 4.78 is 0. The van der Waals surface area contributed by atoms with Crippen molar-refractivity contribution in [3.63, 3.8) is 0 Å². The van der Waals surface area contributed by atoms with Gasteiger partial charge in [-0.3, -0.25) is 0 Å². The van der Waals surface area contributed by atoms with E-state index in [1.807, 2.05) is 0 Å². The SMILES string of the molecule is C/C=C(/CCC)c1ccc(CCc2ccc(C)cc2C)cc1C. The first-order valence-corrected chi connectivity index (χ1v) is 8.86. The van der Waals surface area contributed by atoms with Crippen LogP contribution in [0.2, 0.25) is 0 Å². The highest BCUT2D eigenvalue weighted by molar-refractivity contribution is 5.68. The normalized spacial score (nSPS) is 11.8. The molecule has 0 bridgehead atoms. The molecule has 0 saturated carbocycles. The Labute approximate surface area is 142 Å². The highest BCUT2D eigenvalue weighted by atomic mass is 14.1. The Bertz CT molecular complexity index is 689. The zero-order valence-electron chi connectivity index (χ0n) is 15.4. The van der Waals surface area contributed by atoms with E-state index in [4.69, 9.17) is 0 Å². The van der Waals surface area contributed by atoms with Crippen LogP contribution in [-0.4, -0.2) is 0 Å². The molecule has 0 unspecified atom stereocenters. The van der Waals surface area contributed by atoms with Gasteiger partial charge in [0.1, 0.15) is 0 Å². The van der Waals surface area contributed by atoms with E-state index in [0.717, 1.165) is 12.8 Å². The highest BCUT2D eigenvalue weighted by Crippen LogP contribution is 2.25. The first-order valence-electron chi connectivity index (χ1n) is 8.86. The largest absolute Gasteiger partial charge is 0.0838 e. The summed E-state index contributed by atoms with van der Waals surface area (Å²) >= 11 is 0. The second kappa shape index (κ2) is 8.15. The van der Waals surface area contributed by atoms with Gasteiger partial charge in [0.05, 0.1) is 0 Å².